The van der Waals surface area contributed by atoms with Gasteiger partial charge in [0.05, 0.1) is 0 Å². The molecule has 0 bridgehead atoms. The standard InChI is InChI=1S/C16H17ClN2O2S/c1-11(13-4-6-14(7-5-13)16(20)18-21)19-22-10-12-2-8-15(17)9-3-12/h2-9,11,19,21H,10H2,1H3,(H,18,20). The van der Waals surface area contributed by atoms with Gasteiger partial charge in [-0.2, -0.15) is 0 Å². The summed E-state index contributed by atoms with van der Waals surface area (Å²) in [6, 6.07) is 15.0. The molecule has 0 aliphatic carbocycles. The molecular weight excluding hydrogens is 320 g/mol. The van der Waals surface area contributed by atoms with Crippen LogP contribution in [0.2, 0.25) is 5.02 Å². The van der Waals surface area contributed by atoms with E-state index in [1.807, 2.05) is 36.4 Å². The quantitative estimate of drug-likeness (QED) is 0.424. The Hall–Kier alpha value is -1.53. The Morgan fingerprint density at radius 2 is 1.82 bits per heavy atom. The van der Waals surface area contributed by atoms with Crippen LogP contribution in [0.5, 0.6) is 0 Å². The van der Waals surface area contributed by atoms with Crippen molar-refractivity contribution in [1.29, 1.82) is 0 Å². The third-order valence-electron chi connectivity index (χ3n) is 3.19. The van der Waals surface area contributed by atoms with E-state index in [0.29, 0.717) is 5.56 Å². The molecule has 2 aromatic carbocycles. The first-order valence-electron chi connectivity index (χ1n) is 6.76. The first kappa shape index (κ1) is 16.8. The summed E-state index contributed by atoms with van der Waals surface area (Å²) in [6.45, 7) is 2.05. The maximum absolute atomic E-state index is 11.3. The molecule has 22 heavy (non-hydrogen) atoms. The first-order chi connectivity index (χ1) is 10.6. The lowest BCUT2D eigenvalue weighted by molar-refractivity contribution is 0.0706. The monoisotopic (exact) mass is 336 g/mol. The SMILES string of the molecule is CC(NSCc1ccc(Cl)cc1)c1ccc(C(=O)NO)cc1. The van der Waals surface area contributed by atoms with Crippen molar-refractivity contribution >= 4 is 29.5 Å². The molecule has 2 rings (SSSR count). The smallest absolute Gasteiger partial charge is 0.274 e. The number of carbonyl (C=O) groups is 1. The molecule has 0 heterocycles. The van der Waals surface area contributed by atoms with Gasteiger partial charge in [-0.3, -0.25) is 14.7 Å². The van der Waals surface area contributed by atoms with Gasteiger partial charge in [-0.25, -0.2) is 5.48 Å². The highest BCUT2D eigenvalue weighted by Crippen LogP contribution is 2.19. The van der Waals surface area contributed by atoms with E-state index >= 15 is 0 Å². The molecule has 0 radical (unpaired) electrons. The maximum Gasteiger partial charge on any atom is 0.274 e. The van der Waals surface area contributed by atoms with Crippen LogP contribution in [0, 0.1) is 0 Å². The minimum Gasteiger partial charge on any atom is -0.288 e. The van der Waals surface area contributed by atoms with Gasteiger partial charge < -0.3 is 0 Å². The molecule has 0 aliphatic rings. The van der Waals surface area contributed by atoms with Crippen molar-refractivity contribution in [3.8, 4) is 0 Å². The van der Waals surface area contributed by atoms with Gasteiger partial charge in [0, 0.05) is 22.4 Å². The van der Waals surface area contributed by atoms with Crippen molar-refractivity contribution in [2.75, 3.05) is 0 Å². The Balaban J connectivity index is 1.85. The van der Waals surface area contributed by atoms with Crippen LogP contribution < -0.4 is 10.2 Å². The molecule has 0 aromatic heterocycles. The average Bonchev–Trinajstić information content (AvgIpc) is 2.56. The van der Waals surface area contributed by atoms with E-state index in [2.05, 4.69) is 11.6 Å². The Labute approximate surface area is 139 Å². The molecule has 6 heteroatoms. The highest BCUT2D eigenvalue weighted by atomic mass is 35.5. The number of rotatable bonds is 6. The Kier molecular flexibility index (Phi) is 6.27. The lowest BCUT2D eigenvalue weighted by Crippen LogP contribution is -2.18. The van der Waals surface area contributed by atoms with Gasteiger partial charge in [0.2, 0.25) is 0 Å². The van der Waals surface area contributed by atoms with Gasteiger partial charge in [0.1, 0.15) is 0 Å². The van der Waals surface area contributed by atoms with Crippen molar-refractivity contribution < 1.29 is 10.0 Å². The number of hydrogen-bond donors (Lipinski definition) is 3. The summed E-state index contributed by atoms with van der Waals surface area (Å²) in [5.74, 6) is 0.330. The first-order valence-corrected chi connectivity index (χ1v) is 8.12. The number of nitrogens with one attached hydrogen (secondary N) is 2. The lowest BCUT2D eigenvalue weighted by atomic mass is 10.1. The molecule has 1 amide bonds. The van der Waals surface area contributed by atoms with Crippen molar-refractivity contribution in [2.24, 2.45) is 0 Å². The van der Waals surface area contributed by atoms with E-state index in [1.54, 1.807) is 29.6 Å². The molecule has 0 aliphatic heterocycles. The van der Waals surface area contributed by atoms with Crippen LogP contribution in [0.1, 0.15) is 34.5 Å². The summed E-state index contributed by atoms with van der Waals surface area (Å²) in [5.41, 5.74) is 4.31. The van der Waals surface area contributed by atoms with Crippen LogP contribution in [-0.4, -0.2) is 11.1 Å². The van der Waals surface area contributed by atoms with E-state index in [1.165, 1.54) is 5.56 Å². The van der Waals surface area contributed by atoms with Crippen LogP contribution in [0.15, 0.2) is 48.5 Å². The normalized spacial score (nSPS) is 12.0. The van der Waals surface area contributed by atoms with Gasteiger partial charge in [-0.15, -0.1) is 0 Å². The second kappa shape index (κ2) is 8.19. The summed E-state index contributed by atoms with van der Waals surface area (Å²) in [4.78, 5) is 11.3. The van der Waals surface area contributed by atoms with E-state index < -0.39 is 5.91 Å². The maximum atomic E-state index is 11.3. The van der Waals surface area contributed by atoms with Gasteiger partial charge >= 0.3 is 0 Å². The largest absolute Gasteiger partial charge is 0.288 e. The third-order valence-corrected chi connectivity index (χ3v) is 4.44. The number of amides is 1. The van der Waals surface area contributed by atoms with E-state index in [4.69, 9.17) is 16.8 Å². The van der Waals surface area contributed by atoms with Crippen molar-refractivity contribution in [3.05, 3.63) is 70.2 Å². The lowest BCUT2D eigenvalue weighted by Gasteiger charge is -2.14. The van der Waals surface area contributed by atoms with Crippen LogP contribution >= 0.6 is 23.5 Å². The molecule has 4 nitrogen and oxygen atoms in total. The predicted octanol–water partition coefficient (Wildman–Crippen LogP) is 3.96. The highest BCUT2D eigenvalue weighted by Gasteiger charge is 2.08. The fourth-order valence-corrected chi connectivity index (χ4v) is 2.84. The summed E-state index contributed by atoms with van der Waals surface area (Å²) >= 11 is 7.47. The minimum absolute atomic E-state index is 0.142. The number of carbonyl (C=O) groups excluding carboxylic acids is 1. The fourth-order valence-electron chi connectivity index (χ4n) is 1.89. The molecule has 0 saturated carbocycles. The molecule has 3 N–H and O–H groups in total. The van der Waals surface area contributed by atoms with Gasteiger partial charge in [0.15, 0.2) is 0 Å². The number of hydroxylamine groups is 1. The zero-order valence-electron chi connectivity index (χ0n) is 12.0. The summed E-state index contributed by atoms with van der Waals surface area (Å²) in [6.07, 6.45) is 0. The molecule has 0 saturated heterocycles. The molecule has 0 fully saturated rings. The number of benzene rings is 2. The van der Waals surface area contributed by atoms with Crippen LogP contribution in [0.3, 0.4) is 0 Å². The second-order valence-corrected chi connectivity index (χ2v) is 6.07. The van der Waals surface area contributed by atoms with Gasteiger partial charge in [-0.1, -0.05) is 47.8 Å². The van der Waals surface area contributed by atoms with Crippen molar-refractivity contribution in [3.63, 3.8) is 0 Å². The Morgan fingerprint density at radius 1 is 1.18 bits per heavy atom. The summed E-state index contributed by atoms with van der Waals surface area (Å²) < 4.78 is 3.36. The molecule has 1 atom stereocenters. The topological polar surface area (TPSA) is 61.4 Å². The Bertz CT molecular complexity index is 617. The highest BCUT2D eigenvalue weighted by molar-refractivity contribution is 7.96. The van der Waals surface area contributed by atoms with Crippen LogP contribution in [-0.2, 0) is 5.75 Å². The zero-order chi connectivity index (χ0) is 15.9. The average molecular weight is 337 g/mol. The van der Waals surface area contributed by atoms with Crippen molar-refractivity contribution in [2.45, 2.75) is 18.7 Å². The molecule has 2 aromatic rings. The predicted molar refractivity (Wildman–Crippen MR) is 90.0 cm³/mol. The van der Waals surface area contributed by atoms with E-state index in [0.717, 1.165) is 16.3 Å². The summed E-state index contributed by atoms with van der Waals surface area (Å²) in [7, 11) is 0. The van der Waals surface area contributed by atoms with Crippen molar-refractivity contribution in [1.82, 2.24) is 10.2 Å². The number of halogens is 1. The number of hydrogen-bond acceptors (Lipinski definition) is 4. The molecule has 1 unspecified atom stereocenters. The molecule has 116 valence electrons. The van der Waals surface area contributed by atoms with Crippen LogP contribution in [0.25, 0.3) is 0 Å². The fraction of sp³-hybridized carbons (Fsp3) is 0.188. The Morgan fingerprint density at radius 3 is 2.41 bits per heavy atom. The van der Waals surface area contributed by atoms with Gasteiger partial charge in [-0.05, 0) is 42.3 Å². The molecular formula is C16H17ClN2O2S. The third kappa shape index (κ3) is 4.74. The van der Waals surface area contributed by atoms with E-state index in [-0.39, 0.29) is 6.04 Å². The molecule has 0 spiro atoms. The minimum atomic E-state index is -0.510. The van der Waals surface area contributed by atoms with E-state index in [9.17, 15) is 4.79 Å². The second-order valence-electron chi connectivity index (χ2n) is 4.82. The zero-order valence-corrected chi connectivity index (χ0v) is 13.6. The summed E-state index contributed by atoms with van der Waals surface area (Å²) in [5, 5.41) is 9.32. The van der Waals surface area contributed by atoms with Gasteiger partial charge in [0.25, 0.3) is 5.91 Å². The van der Waals surface area contributed by atoms with Crippen LogP contribution in [0.4, 0.5) is 0 Å².